The number of anilines is 2. The Morgan fingerprint density at radius 1 is 1.06 bits per heavy atom. The predicted molar refractivity (Wildman–Crippen MR) is 59.5 cm³/mol. The summed E-state index contributed by atoms with van der Waals surface area (Å²) >= 11 is 0. The Hall–Kier alpha value is -2.37. The normalized spacial score (nSPS) is 10.2. The molecule has 88 valence electrons. The summed E-state index contributed by atoms with van der Waals surface area (Å²) in [5.41, 5.74) is 10.4. The minimum Gasteiger partial charge on any atom is -0.454 e. The number of ether oxygens (including phenoxy) is 1. The zero-order valence-corrected chi connectivity index (χ0v) is 8.65. The molecule has 0 aliphatic heterocycles. The molecule has 0 radical (unpaired) electrons. The van der Waals surface area contributed by atoms with Gasteiger partial charge in [0.25, 0.3) is 0 Å². The third kappa shape index (κ3) is 2.25. The highest BCUT2D eigenvalue weighted by Gasteiger charge is 2.13. The van der Waals surface area contributed by atoms with E-state index in [1.165, 1.54) is 30.5 Å². The lowest BCUT2D eigenvalue weighted by atomic mass is 10.3. The van der Waals surface area contributed by atoms with Crippen LogP contribution >= 0.6 is 0 Å². The summed E-state index contributed by atoms with van der Waals surface area (Å²) in [6, 6.07) is 5.33. The summed E-state index contributed by atoms with van der Waals surface area (Å²) in [5.74, 6) is -2.05. The van der Waals surface area contributed by atoms with E-state index < -0.39 is 11.6 Å². The largest absolute Gasteiger partial charge is 0.454 e. The molecule has 0 saturated carbocycles. The van der Waals surface area contributed by atoms with E-state index in [1.54, 1.807) is 0 Å². The number of nitrogens with zero attached hydrogens (tertiary/aromatic N) is 1. The molecule has 0 aliphatic rings. The van der Waals surface area contributed by atoms with Crippen LogP contribution in [0.3, 0.4) is 0 Å². The van der Waals surface area contributed by atoms with E-state index in [4.69, 9.17) is 16.2 Å². The van der Waals surface area contributed by atoms with Crippen molar-refractivity contribution in [3.63, 3.8) is 0 Å². The average molecular weight is 237 g/mol. The van der Waals surface area contributed by atoms with Gasteiger partial charge in [0.05, 0.1) is 5.69 Å². The van der Waals surface area contributed by atoms with Gasteiger partial charge < -0.3 is 16.2 Å². The fourth-order valence-corrected chi connectivity index (χ4v) is 1.24. The fraction of sp³-hybridized carbons (Fsp3) is 0. The first kappa shape index (κ1) is 11.1. The number of nitrogens with two attached hydrogens (primary N) is 2. The zero-order chi connectivity index (χ0) is 12.4. The average Bonchev–Trinajstić information content (AvgIpc) is 2.30. The highest BCUT2D eigenvalue weighted by molar-refractivity contribution is 5.46. The van der Waals surface area contributed by atoms with Crippen LogP contribution in [0.15, 0.2) is 30.5 Å². The lowest BCUT2D eigenvalue weighted by Crippen LogP contribution is -1.98. The van der Waals surface area contributed by atoms with Crippen LogP contribution in [0.25, 0.3) is 0 Å². The van der Waals surface area contributed by atoms with Crippen LogP contribution in [-0.2, 0) is 0 Å². The number of hydrogen-bond donors (Lipinski definition) is 2. The summed E-state index contributed by atoms with van der Waals surface area (Å²) in [4.78, 5) is 3.75. The Balaban J connectivity index is 2.34. The van der Waals surface area contributed by atoms with Crippen molar-refractivity contribution >= 4 is 11.5 Å². The quantitative estimate of drug-likeness (QED) is 0.786. The van der Waals surface area contributed by atoms with Gasteiger partial charge in [-0.05, 0) is 18.2 Å². The van der Waals surface area contributed by atoms with Gasteiger partial charge in [0, 0.05) is 12.3 Å². The van der Waals surface area contributed by atoms with Crippen molar-refractivity contribution in [1.29, 1.82) is 0 Å². The first-order valence-corrected chi connectivity index (χ1v) is 4.71. The summed E-state index contributed by atoms with van der Waals surface area (Å²) in [5, 5.41) is 0. The maximum atomic E-state index is 13.4. The lowest BCUT2D eigenvalue weighted by molar-refractivity contribution is 0.417. The smallest absolute Gasteiger partial charge is 0.203 e. The van der Waals surface area contributed by atoms with E-state index in [-0.39, 0.29) is 23.0 Å². The SMILES string of the molecule is Nc1cc(Oc2ccc(N)c(F)c2F)ccn1. The van der Waals surface area contributed by atoms with Crippen LogP contribution in [0.4, 0.5) is 20.3 Å². The number of halogens is 2. The number of pyridine rings is 1. The van der Waals surface area contributed by atoms with E-state index in [0.717, 1.165) is 0 Å². The third-order valence-corrected chi connectivity index (χ3v) is 2.06. The summed E-state index contributed by atoms with van der Waals surface area (Å²) in [6.07, 6.45) is 1.40. The highest BCUT2D eigenvalue weighted by Crippen LogP contribution is 2.28. The Morgan fingerprint density at radius 3 is 2.53 bits per heavy atom. The second kappa shape index (κ2) is 4.25. The Kier molecular flexibility index (Phi) is 2.78. The zero-order valence-electron chi connectivity index (χ0n) is 8.65. The molecular weight excluding hydrogens is 228 g/mol. The van der Waals surface area contributed by atoms with E-state index in [0.29, 0.717) is 0 Å². The third-order valence-electron chi connectivity index (χ3n) is 2.06. The van der Waals surface area contributed by atoms with Crippen LogP contribution in [0.5, 0.6) is 11.5 Å². The number of hydrogen-bond acceptors (Lipinski definition) is 4. The van der Waals surface area contributed by atoms with Gasteiger partial charge in [0.1, 0.15) is 11.6 Å². The van der Waals surface area contributed by atoms with Gasteiger partial charge in [-0.3, -0.25) is 0 Å². The topological polar surface area (TPSA) is 74.2 Å². The highest BCUT2D eigenvalue weighted by atomic mass is 19.2. The molecular formula is C11H9F2N3O. The molecule has 6 heteroatoms. The minimum atomic E-state index is -1.14. The van der Waals surface area contributed by atoms with Crippen molar-refractivity contribution in [2.24, 2.45) is 0 Å². The van der Waals surface area contributed by atoms with Crippen molar-refractivity contribution in [1.82, 2.24) is 4.98 Å². The first-order valence-electron chi connectivity index (χ1n) is 4.71. The molecule has 0 spiro atoms. The van der Waals surface area contributed by atoms with E-state index in [9.17, 15) is 8.78 Å². The van der Waals surface area contributed by atoms with E-state index in [1.807, 2.05) is 0 Å². The predicted octanol–water partition coefficient (Wildman–Crippen LogP) is 2.32. The Bertz CT molecular complexity index is 560. The molecule has 4 nitrogen and oxygen atoms in total. The van der Waals surface area contributed by atoms with Crippen LogP contribution in [0.2, 0.25) is 0 Å². The van der Waals surface area contributed by atoms with Gasteiger partial charge in [-0.15, -0.1) is 0 Å². The maximum absolute atomic E-state index is 13.4. The van der Waals surface area contributed by atoms with Crippen molar-refractivity contribution < 1.29 is 13.5 Å². The van der Waals surface area contributed by atoms with Crippen LogP contribution < -0.4 is 16.2 Å². The van der Waals surface area contributed by atoms with E-state index >= 15 is 0 Å². The van der Waals surface area contributed by atoms with Gasteiger partial charge in [0.2, 0.25) is 5.82 Å². The monoisotopic (exact) mass is 237 g/mol. The Morgan fingerprint density at radius 2 is 1.82 bits per heavy atom. The molecule has 2 rings (SSSR count). The van der Waals surface area contributed by atoms with Crippen molar-refractivity contribution in [3.8, 4) is 11.5 Å². The second-order valence-electron chi connectivity index (χ2n) is 3.30. The van der Waals surface area contributed by atoms with Gasteiger partial charge in [-0.25, -0.2) is 9.37 Å². The lowest BCUT2D eigenvalue weighted by Gasteiger charge is -2.08. The van der Waals surface area contributed by atoms with Gasteiger partial charge in [-0.2, -0.15) is 4.39 Å². The molecule has 1 aromatic carbocycles. The number of benzene rings is 1. The standard InChI is InChI=1S/C11H9F2N3O/c12-10-7(14)1-2-8(11(10)13)17-6-3-4-16-9(15)5-6/h1-5H,14H2,(H2,15,16). The number of aromatic nitrogens is 1. The fourth-order valence-electron chi connectivity index (χ4n) is 1.24. The molecule has 0 amide bonds. The van der Waals surface area contributed by atoms with Crippen molar-refractivity contribution in [2.75, 3.05) is 11.5 Å². The molecule has 0 aliphatic carbocycles. The van der Waals surface area contributed by atoms with Crippen LogP contribution in [0.1, 0.15) is 0 Å². The Labute approximate surface area is 95.8 Å². The van der Waals surface area contributed by atoms with Gasteiger partial charge in [-0.1, -0.05) is 0 Å². The number of rotatable bonds is 2. The molecule has 0 atom stereocenters. The molecule has 2 aromatic rings. The van der Waals surface area contributed by atoms with Crippen molar-refractivity contribution in [3.05, 3.63) is 42.1 Å². The first-order chi connectivity index (χ1) is 8.08. The molecule has 1 heterocycles. The molecule has 0 fully saturated rings. The summed E-state index contributed by atoms with van der Waals surface area (Å²) in [6.45, 7) is 0. The molecule has 1 aromatic heterocycles. The minimum absolute atomic E-state index is 0.221. The van der Waals surface area contributed by atoms with Gasteiger partial charge >= 0.3 is 0 Å². The molecule has 0 bridgehead atoms. The van der Waals surface area contributed by atoms with E-state index in [2.05, 4.69) is 4.98 Å². The molecule has 0 unspecified atom stereocenters. The molecule has 17 heavy (non-hydrogen) atoms. The van der Waals surface area contributed by atoms with Crippen molar-refractivity contribution in [2.45, 2.75) is 0 Å². The van der Waals surface area contributed by atoms with Crippen LogP contribution in [0, 0.1) is 11.6 Å². The van der Waals surface area contributed by atoms with Crippen LogP contribution in [-0.4, -0.2) is 4.98 Å². The maximum Gasteiger partial charge on any atom is 0.203 e. The second-order valence-corrected chi connectivity index (χ2v) is 3.30. The summed E-state index contributed by atoms with van der Waals surface area (Å²) in [7, 11) is 0. The number of nitrogen functional groups attached to an aromatic ring is 2. The molecule has 4 N–H and O–H groups in total. The summed E-state index contributed by atoms with van der Waals surface area (Å²) < 4.78 is 31.7. The van der Waals surface area contributed by atoms with Gasteiger partial charge in [0.15, 0.2) is 11.6 Å². The molecule has 0 saturated heterocycles.